The highest BCUT2D eigenvalue weighted by Gasteiger charge is 2.20. The van der Waals surface area contributed by atoms with Gasteiger partial charge in [0.1, 0.15) is 0 Å². The molecule has 0 fully saturated rings. The van der Waals surface area contributed by atoms with Crippen LogP contribution in [0.3, 0.4) is 0 Å². The lowest BCUT2D eigenvalue weighted by Crippen LogP contribution is -2.30. The number of nitrogens with one attached hydrogen (secondary N) is 2. The fourth-order valence-corrected chi connectivity index (χ4v) is 4.06. The molecular formula is C25H22N4O3. The van der Waals surface area contributed by atoms with Crippen LogP contribution < -0.4 is 5.32 Å². The van der Waals surface area contributed by atoms with E-state index in [0.717, 1.165) is 39.4 Å². The molecule has 2 heterocycles. The average Bonchev–Trinajstić information content (AvgIpc) is 3.40. The summed E-state index contributed by atoms with van der Waals surface area (Å²) in [5, 5.41) is 5.07. The van der Waals surface area contributed by atoms with E-state index in [1.165, 1.54) is 0 Å². The molecule has 1 unspecified atom stereocenters. The number of benzene rings is 3. The number of ether oxygens (including phenoxy) is 1. The Morgan fingerprint density at radius 1 is 1.06 bits per heavy atom. The van der Waals surface area contributed by atoms with Crippen LogP contribution in [0.5, 0.6) is 0 Å². The maximum Gasteiger partial charge on any atom is 0.338 e. The summed E-state index contributed by atoms with van der Waals surface area (Å²) >= 11 is 0. The zero-order valence-corrected chi connectivity index (χ0v) is 17.8. The lowest BCUT2D eigenvalue weighted by Gasteiger charge is -2.14. The van der Waals surface area contributed by atoms with Crippen LogP contribution in [-0.2, 0) is 16.1 Å². The Balaban J connectivity index is 1.34. The molecule has 160 valence electrons. The van der Waals surface area contributed by atoms with Crippen LogP contribution in [0.2, 0.25) is 0 Å². The van der Waals surface area contributed by atoms with E-state index in [9.17, 15) is 9.59 Å². The molecule has 0 aliphatic rings. The molecule has 2 N–H and O–H groups in total. The van der Waals surface area contributed by atoms with Gasteiger partial charge in [0.05, 0.1) is 22.9 Å². The second-order valence-corrected chi connectivity index (χ2v) is 7.66. The molecule has 1 amide bonds. The third kappa shape index (κ3) is 3.37. The number of H-pyrrole nitrogens is 1. The van der Waals surface area contributed by atoms with Gasteiger partial charge in [0.2, 0.25) is 0 Å². The standard InChI is InChI=1S/C25H22N4O3/c1-3-29-22-7-5-4-6-18(22)19-13-17(9-11-23(19)29)28-24(30)15(2)32-25(31)16-8-10-20-21(12-16)27-14-26-20/h4-15H,3H2,1-2H3,(H,26,27)(H,28,30). The second-order valence-electron chi connectivity index (χ2n) is 7.66. The van der Waals surface area contributed by atoms with Gasteiger partial charge in [0.15, 0.2) is 6.10 Å². The number of amides is 1. The number of fused-ring (bicyclic) bond motifs is 4. The van der Waals surface area contributed by atoms with Crippen molar-refractivity contribution in [3.63, 3.8) is 0 Å². The molecule has 0 spiro atoms. The largest absolute Gasteiger partial charge is 0.449 e. The van der Waals surface area contributed by atoms with Crippen molar-refractivity contribution in [1.29, 1.82) is 0 Å². The van der Waals surface area contributed by atoms with Gasteiger partial charge in [-0.05, 0) is 56.3 Å². The molecular weight excluding hydrogens is 404 g/mol. The van der Waals surface area contributed by atoms with Crippen LogP contribution in [0, 0.1) is 0 Å². The number of hydrogen-bond donors (Lipinski definition) is 2. The summed E-state index contributed by atoms with van der Waals surface area (Å²) in [6, 6.07) is 19.1. The Bertz CT molecular complexity index is 1480. The number of carbonyl (C=O) groups is 2. The van der Waals surface area contributed by atoms with E-state index in [1.807, 2.05) is 30.3 Å². The van der Waals surface area contributed by atoms with Crippen LogP contribution in [-0.4, -0.2) is 32.5 Å². The molecule has 0 bridgehead atoms. The maximum absolute atomic E-state index is 12.7. The normalized spacial score (nSPS) is 12.3. The molecule has 3 aromatic carbocycles. The van der Waals surface area contributed by atoms with Gasteiger partial charge >= 0.3 is 5.97 Å². The highest BCUT2D eigenvalue weighted by atomic mass is 16.5. The zero-order valence-electron chi connectivity index (χ0n) is 17.8. The number of hydrogen-bond acceptors (Lipinski definition) is 4. The van der Waals surface area contributed by atoms with Crippen LogP contribution in [0.4, 0.5) is 5.69 Å². The third-order valence-electron chi connectivity index (χ3n) is 5.67. The SMILES string of the molecule is CCn1c2ccccc2c2cc(NC(=O)C(C)OC(=O)c3ccc4nc[nH]c4c3)ccc21. The van der Waals surface area contributed by atoms with Crippen LogP contribution in [0.25, 0.3) is 32.8 Å². The van der Waals surface area contributed by atoms with Crippen molar-refractivity contribution in [2.24, 2.45) is 0 Å². The number of anilines is 1. The van der Waals surface area contributed by atoms with Gasteiger partial charge in [0.25, 0.3) is 5.91 Å². The van der Waals surface area contributed by atoms with E-state index in [1.54, 1.807) is 31.5 Å². The Morgan fingerprint density at radius 2 is 1.88 bits per heavy atom. The van der Waals surface area contributed by atoms with Crippen molar-refractivity contribution in [3.05, 3.63) is 72.6 Å². The van der Waals surface area contributed by atoms with Gasteiger partial charge in [0, 0.05) is 34.0 Å². The monoisotopic (exact) mass is 426 g/mol. The fraction of sp³-hybridized carbons (Fsp3) is 0.160. The molecule has 0 saturated heterocycles. The predicted molar refractivity (Wildman–Crippen MR) is 125 cm³/mol. The van der Waals surface area contributed by atoms with E-state index in [0.29, 0.717) is 11.3 Å². The third-order valence-corrected chi connectivity index (χ3v) is 5.67. The zero-order chi connectivity index (χ0) is 22.2. The van der Waals surface area contributed by atoms with E-state index in [4.69, 9.17) is 4.74 Å². The van der Waals surface area contributed by atoms with Gasteiger partial charge in [-0.25, -0.2) is 9.78 Å². The minimum Gasteiger partial charge on any atom is -0.449 e. The molecule has 5 aromatic rings. The van der Waals surface area contributed by atoms with Crippen molar-refractivity contribution < 1.29 is 14.3 Å². The molecule has 7 nitrogen and oxygen atoms in total. The molecule has 0 saturated carbocycles. The minimum atomic E-state index is -0.951. The first-order valence-electron chi connectivity index (χ1n) is 10.5. The summed E-state index contributed by atoms with van der Waals surface area (Å²) < 4.78 is 7.63. The van der Waals surface area contributed by atoms with Crippen molar-refractivity contribution in [1.82, 2.24) is 14.5 Å². The maximum atomic E-state index is 12.7. The molecule has 2 aromatic heterocycles. The minimum absolute atomic E-state index is 0.357. The Morgan fingerprint density at radius 3 is 2.72 bits per heavy atom. The second kappa shape index (κ2) is 7.85. The highest BCUT2D eigenvalue weighted by molar-refractivity contribution is 6.10. The number of aromatic nitrogens is 3. The van der Waals surface area contributed by atoms with Crippen molar-refractivity contribution in [2.75, 3.05) is 5.32 Å². The first-order valence-corrected chi connectivity index (χ1v) is 10.5. The molecule has 5 rings (SSSR count). The highest BCUT2D eigenvalue weighted by Crippen LogP contribution is 2.31. The van der Waals surface area contributed by atoms with Gasteiger partial charge in [-0.3, -0.25) is 4.79 Å². The van der Waals surface area contributed by atoms with E-state index < -0.39 is 12.1 Å². The van der Waals surface area contributed by atoms with Gasteiger partial charge < -0.3 is 19.6 Å². The fourth-order valence-electron chi connectivity index (χ4n) is 4.06. The number of aromatic amines is 1. The number of aryl methyl sites for hydroxylation is 1. The number of imidazole rings is 1. The summed E-state index contributed by atoms with van der Waals surface area (Å²) in [4.78, 5) is 32.3. The molecule has 0 radical (unpaired) electrons. The summed E-state index contributed by atoms with van der Waals surface area (Å²) in [6.07, 6.45) is 0.609. The molecule has 0 aliphatic carbocycles. The topological polar surface area (TPSA) is 89.0 Å². The number of esters is 1. The average molecular weight is 426 g/mol. The summed E-state index contributed by atoms with van der Waals surface area (Å²) in [6.45, 7) is 4.53. The van der Waals surface area contributed by atoms with Crippen LogP contribution in [0.1, 0.15) is 24.2 Å². The van der Waals surface area contributed by atoms with E-state index in [2.05, 4.69) is 38.9 Å². The predicted octanol–water partition coefficient (Wildman–Crippen LogP) is 4.87. The number of carbonyl (C=O) groups excluding carboxylic acids is 2. The van der Waals surface area contributed by atoms with Crippen molar-refractivity contribution in [2.45, 2.75) is 26.5 Å². The Labute approximate surface area is 184 Å². The van der Waals surface area contributed by atoms with Crippen molar-refractivity contribution in [3.8, 4) is 0 Å². The van der Waals surface area contributed by atoms with E-state index in [-0.39, 0.29) is 5.91 Å². The molecule has 0 aliphatic heterocycles. The molecule has 1 atom stereocenters. The Hall–Kier alpha value is -4.13. The Kier molecular flexibility index (Phi) is 4.86. The smallest absolute Gasteiger partial charge is 0.338 e. The summed E-state index contributed by atoms with van der Waals surface area (Å²) in [5.41, 5.74) is 4.77. The number of para-hydroxylation sites is 1. The summed E-state index contributed by atoms with van der Waals surface area (Å²) in [7, 11) is 0. The van der Waals surface area contributed by atoms with Crippen LogP contribution >= 0.6 is 0 Å². The summed E-state index contributed by atoms with van der Waals surface area (Å²) in [5.74, 6) is -0.954. The first kappa shape index (κ1) is 19.8. The molecule has 32 heavy (non-hydrogen) atoms. The lowest BCUT2D eigenvalue weighted by atomic mass is 10.1. The van der Waals surface area contributed by atoms with Gasteiger partial charge in [-0.1, -0.05) is 18.2 Å². The van der Waals surface area contributed by atoms with Crippen LogP contribution in [0.15, 0.2) is 67.0 Å². The number of rotatable bonds is 5. The van der Waals surface area contributed by atoms with Crippen molar-refractivity contribution >= 4 is 50.4 Å². The van der Waals surface area contributed by atoms with Gasteiger partial charge in [-0.2, -0.15) is 0 Å². The lowest BCUT2D eigenvalue weighted by molar-refractivity contribution is -0.123. The quantitative estimate of drug-likeness (QED) is 0.392. The van der Waals surface area contributed by atoms with Gasteiger partial charge in [-0.15, -0.1) is 0 Å². The first-order chi connectivity index (χ1) is 15.5. The molecule has 7 heteroatoms. The van der Waals surface area contributed by atoms with E-state index >= 15 is 0 Å². The number of nitrogens with zero attached hydrogens (tertiary/aromatic N) is 2.